The van der Waals surface area contributed by atoms with E-state index in [9.17, 15) is 13.2 Å². The van der Waals surface area contributed by atoms with Crippen LogP contribution >= 0.6 is 22.9 Å². The molecular weight excluding hydrogens is 362 g/mol. The molecule has 7 nitrogen and oxygen atoms in total. The minimum Gasteiger partial charge on any atom is -0.444 e. The van der Waals surface area contributed by atoms with Gasteiger partial charge in [0, 0.05) is 11.9 Å². The van der Waals surface area contributed by atoms with E-state index in [1.54, 1.807) is 32.2 Å². The van der Waals surface area contributed by atoms with E-state index in [1.165, 1.54) is 18.4 Å². The van der Waals surface area contributed by atoms with Crippen LogP contribution in [0.1, 0.15) is 31.7 Å². The predicted molar refractivity (Wildman–Crippen MR) is 90.4 cm³/mol. The summed E-state index contributed by atoms with van der Waals surface area (Å²) in [5.74, 6) is -0.288. The number of alkyl carbamates (subject to hydrolysis) is 1. The molecule has 0 radical (unpaired) electrons. The summed E-state index contributed by atoms with van der Waals surface area (Å²) in [6.07, 6.45) is -0.767. The summed E-state index contributed by atoms with van der Waals surface area (Å²) in [6, 6.07) is 1.02. The molecule has 1 atom stereocenters. The Morgan fingerprint density at radius 2 is 2.17 bits per heavy atom. The van der Waals surface area contributed by atoms with Crippen molar-refractivity contribution >= 4 is 45.0 Å². The third-order valence-electron chi connectivity index (χ3n) is 2.92. The lowest BCUT2D eigenvalue weighted by molar-refractivity contribution is 0.0559. The molecule has 2 rings (SSSR count). The molecule has 0 saturated carbocycles. The first-order valence-electron chi connectivity index (χ1n) is 6.77. The monoisotopic (exact) mass is 379 g/mol. The van der Waals surface area contributed by atoms with E-state index >= 15 is 0 Å². The number of halogens is 1. The van der Waals surface area contributed by atoms with Gasteiger partial charge in [0.2, 0.25) is 16.0 Å². The van der Waals surface area contributed by atoms with Gasteiger partial charge in [0.25, 0.3) is 0 Å². The zero-order valence-corrected chi connectivity index (χ0v) is 15.5. The second kappa shape index (κ2) is 6.29. The Morgan fingerprint density at radius 3 is 2.70 bits per heavy atom. The van der Waals surface area contributed by atoms with Crippen molar-refractivity contribution in [2.24, 2.45) is 4.99 Å². The molecule has 0 unspecified atom stereocenters. The number of ether oxygens (including phenoxy) is 1. The number of sulfonamides is 1. The first-order valence-corrected chi connectivity index (χ1v) is 9.63. The summed E-state index contributed by atoms with van der Waals surface area (Å²) in [7, 11) is -2.28. The van der Waals surface area contributed by atoms with Crippen molar-refractivity contribution in [2.75, 3.05) is 12.8 Å². The van der Waals surface area contributed by atoms with Crippen LogP contribution in [0.2, 0.25) is 5.02 Å². The molecule has 0 spiro atoms. The highest BCUT2D eigenvalue weighted by Gasteiger charge is 2.35. The summed E-state index contributed by atoms with van der Waals surface area (Å²) in [5.41, 5.74) is -0.701. The highest BCUT2D eigenvalue weighted by Crippen LogP contribution is 2.34. The van der Waals surface area contributed by atoms with E-state index in [0.717, 1.165) is 4.31 Å². The molecule has 2 heterocycles. The second-order valence-corrected chi connectivity index (χ2v) is 9.37. The first-order chi connectivity index (χ1) is 10.5. The number of nitrogens with zero attached hydrogens (tertiary/aromatic N) is 2. The van der Waals surface area contributed by atoms with Crippen molar-refractivity contribution in [3.63, 3.8) is 0 Å². The van der Waals surface area contributed by atoms with Crippen LogP contribution in [0.5, 0.6) is 0 Å². The highest BCUT2D eigenvalue weighted by atomic mass is 35.5. The van der Waals surface area contributed by atoms with Gasteiger partial charge in [0.15, 0.2) is 0 Å². The quantitative estimate of drug-likeness (QED) is 0.812. The van der Waals surface area contributed by atoms with Crippen LogP contribution in [0.3, 0.4) is 0 Å². The molecule has 0 aromatic carbocycles. The summed E-state index contributed by atoms with van der Waals surface area (Å²) < 4.78 is 30.7. The van der Waals surface area contributed by atoms with Crippen LogP contribution in [0.15, 0.2) is 16.4 Å². The summed E-state index contributed by atoms with van der Waals surface area (Å²) in [4.78, 5) is 16.8. The number of amides is 1. The number of thiophene rings is 1. The zero-order valence-electron chi connectivity index (χ0n) is 13.2. The molecule has 0 saturated heterocycles. The van der Waals surface area contributed by atoms with Gasteiger partial charge < -0.3 is 4.74 Å². The van der Waals surface area contributed by atoms with Gasteiger partial charge in [-0.3, -0.25) is 5.32 Å². The van der Waals surface area contributed by atoms with Crippen LogP contribution in [-0.2, 0) is 14.8 Å². The molecule has 1 aromatic rings. The van der Waals surface area contributed by atoms with Crippen molar-refractivity contribution in [3.05, 3.63) is 21.3 Å². The molecule has 1 aromatic heterocycles. The Balaban J connectivity index is 2.30. The molecule has 0 bridgehead atoms. The molecule has 23 heavy (non-hydrogen) atoms. The number of aliphatic imine (C=N–C) groups is 1. The standard InChI is InChI=1S/C13H18ClN3O4S2/c1-13(2,3)21-12(18)16-11-15-9(7-23(19,20)17(11)4)10-8(14)5-6-22-10/h5-6,9H,7H2,1-4H3,(H,15,16,18)/t9-/m0/s1. The molecule has 0 fully saturated rings. The lowest BCUT2D eigenvalue weighted by Crippen LogP contribution is -2.50. The fourth-order valence-corrected chi connectivity index (χ4v) is 4.44. The third-order valence-corrected chi connectivity index (χ3v) is 6.13. The SMILES string of the molecule is CN1C(NC(=O)OC(C)(C)C)=N[C@H](c2sccc2Cl)CS1(=O)=O. The maximum atomic E-state index is 12.3. The van der Waals surface area contributed by atoms with Crippen molar-refractivity contribution in [1.29, 1.82) is 0 Å². The lowest BCUT2D eigenvalue weighted by Gasteiger charge is -2.29. The van der Waals surface area contributed by atoms with Gasteiger partial charge in [-0.2, -0.15) is 0 Å². The topological polar surface area (TPSA) is 88.1 Å². The Kier molecular flexibility index (Phi) is 4.93. The van der Waals surface area contributed by atoms with Gasteiger partial charge in [0.1, 0.15) is 11.6 Å². The van der Waals surface area contributed by atoms with E-state index in [-0.39, 0.29) is 11.7 Å². The van der Waals surface area contributed by atoms with Crippen LogP contribution in [0.25, 0.3) is 0 Å². The maximum Gasteiger partial charge on any atom is 0.414 e. The number of nitrogens with one attached hydrogen (secondary N) is 1. The molecule has 0 aliphatic carbocycles. The van der Waals surface area contributed by atoms with E-state index in [1.807, 2.05) is 0 Å². The average molecular weight is 380 g/mol. The molecule has 1 N–H and O–H groups in total. The predicted octanol–water partition coefficient (Wildman–Crippen LogP) is 2.60. The zero-order chi connectivity index (χ0) is 17.4. The normalized spacial score (nSPS) is 20.8. The summed E-state index contributed by atoms with van der Waals surface area (Å²) in [5, 5.41) is 4.61. The average Bonchev–Trinajstić information content (AvgIpc) is 2.78. The third kappa shape index (κ3) is 4.36. The highest BCUT2D eigenvalue weighted by molar-refractivity contribution is 7.89. The van der Waals surface area contributed by atoms with Crippen molar-refractivity contribution in [3.8, 4) is 0 Å². The fourth-order valence-electron chi connectivity index (χ4n) is 1.89. The second-order valence-electron chi connectivity index (χ2n) is 5.97. The molecule has 1 aliphatic rings. The molecule has 1 aliphatic heterocycles. The first kappa shape index (κ1) is 18.0. The van der Waals surface area contributed by atoms with Gasteiger partial charge in [-0.1, -0.05) is 11.6 Å². The Bertz CT molecular complexity index is 737. The number of carbonyl (C=O) groups is 1. The van der Waals surface area contributed by atoms with E-state index in [2.05, 4.69) is 10.3 Å². The Hall–Kier alpha value is -1.32. The largest absolute Gasteiger partial charge is 0.444 e. The van der Waals surface area contributed by atoms with Gasteiger partial charge in [-0.25, -0.2) is 22.5 Å². The summed E-state index contributed by atoms with van der Waals surface area (Å²) in [6.45, 7) is 5.14. The van der Waals surface area contributed by atoms with E-state index in [0.29, 0.717) is 9.90 Å². The van der Waals surface area contributed by atoms with Gasteiger partial charge >= 0.3 is 6.09 Å². The van der Waals surface area contributed by atoms with Gasteiger partial charge in [-0.15, -0.1) is 11.3 Å². The van der Waals surface area contributed by atoms with Gasteiger partial charge in [-0.05, 0) is 32.2 Å². The van der Waals surface area contributed by atoms with Gasteiger partial charge in [0.05, 0.1) is 10.8 Å². The smallest absolute Gasteiger partial charge is 0.414 e. The molecular formula is C13H18ClN3O4S2. The lowest BCUT2D eigenvalue weighted by atomic mass is 10.2. The fraction of sp³-hybridized carbons (Fsp3) is 0.538. The van der Waals surface area contributed by atoms with E-state index < -0.39 is 27.8 Å². The Labute approximate surface area is 144 Å². The minimum absolute atomic E-state index is 0.0834. The van der Waals surface area contributed by atoms with Crippen molar-refractivity contribution < 1.29 is 17.9 Å². The minimum atomic E-state index is -3.61. The molecule has 1 amide bonds. The number of hydrogen-bond acceptors (Lipinski definition) is 6. The number of hydrogen-bond donors (Lipinski definition) is 1. The number of carbonyl (C=O) groups excluding carboxylic acids is 1. The van der Waals surface area contributed by atoms with Crippen LogP contribution < -0.4 is 5.32 Å². The van der Waals surface area contributed by atoms with Crippen LogP contribution in [0, 0.1) is 0 Å². The van der Waals surface area contributed by atoms with Crippen LogP contribution in [0.4, 0.5) is 4.79 Å². The van der Waals surface area contributed by atoms with Crippen molar-refractivity contribution in [1.82, 2.24) is 9.62 Å². The molecule has 10 heteroatoms. The van der Waals surface area contributed by atoms with Crippen molar-refractivity contribution in [2.45, 2.75) is 32.4 Å². The van der Waals surface area contributed by atoms with E-state index in [4.69, 9.17) is 16.3 Å². The van der Waals surface area contributed by atoms with Crippen LogP contribution in [-0.4, -0.2) is 43.2 Å². The molecule has 128 valence electrons. The maximum absolute atomic E-state index is 12.3. The summed E-state index contributed by atoms with van der Waals surface area (Å²) >= 11 is 7.39. The Morgan fingerprint density at radius 1 is 1.52 bits per heavy atom. The number of rotatable bonds is 1. The number of guanidine groups is 1.